The minimum Gasteiger partial charge on any atom is -0.462 e. The van der Waals surface area contributed by atoms with E-state index < -0.39 is 6.10 Å². The Morgan fingerprint density at radius 3 is 0.634 bits per heavy atom. The van der Waals surface area contributed by atoms with E-state index in [0.29, 0.717) is 19.3 Å². The third kappa shape index (κ3) is 68.9. The number of carbonyl (C=O) groups is 3. The average Bonchev–Trinajstić information content (AvgIpc) is 3.47. The van der Waals surface area contributed by atoms with E-state index in [4.69, 9.17) is 14.2 Å². The summed E-state index contributed by atoms with van der Waals surface area (Å²) in [6, 6.07) is 0. The predicted octanol–water partition coefficient (Wildman–Crippen LogP) is 26.0. The number of rotatable bonds is 71. The van der Waals surface area contributed by atoms with Gasteiger partial charge in [-0.25, -0.2) is 0 Å². The van der Waals surface area contributed by atoms with Gasteiger partial charge in [-0.1, -0.05) is 386 Å². The van der Waals surface area contributed by atoms with Gasteiger partial charge in [0.1, 0.15) is 13.2 Å². The Bertz CT molecular complexity index is 1280. The molecule has 0 saturated heterocycles. The zero-order chi connectivity index (χ0) is 59.2. The van der Waals surface area contributed by atoms with Gasteiger partial charge in [-0.3, -0.25) is 14.4 Å². The molecule has 0 spiro atoms. The third-order valence-electron chi connectivity index (χ3n) is 17.5. The van der Waals surface area contributed by atoms with Gasteiger partial charge in [0, 0.05) is 19.3 Å². The van der Waals surface area contributed by atoms with Crippen LogP contribution in [0.1, 0.15) is 438 Å². The van der Waals surface area contributed by atoms with Crippen LogP contribution in [-0.4, -0.2) is 37.2 Å². The molecule has 0 amide bonds. The summed E-state index contributed by atoms with van der Waals surface area (Å²) in [6.45, 7) is 6.71. The molecule has 6 nitrogen and oxygen atoms in total. The molecule has 0 aromatic rings. The maximum atomic E-state index is 13.0. The fourth-order valence-electron chi connectivity index (χ4n) is 11.9. The number of carbonyl (C=O) groups excluding carboxylic acids is 3. The highest BCUT2D eigenvalue weighted by Gasteiger charge is 2.20. The van der Waals surface area contributed by atoms with Gasteiger partial charge in [0.2, 0.25) is 0 Å². The van der Waals surface area contributed by atoms with Crippen molar-refractivity contribution in [3.63, 3.8) is 0 Å². The molecule has 0 N–H and O–H groups in total. The van der Waals surface area contributed by atoms with Gasteiger partial charge in [-0.05, 0) is 44.9 Å². The number of unbranched alkanes of at least 4 members (excludes halogenated alkanes) is 58. The summed E-state index contributed by atoms with van der Waals surface area (Å²) < 4.78 is 17.0. The first-order chi connectivity index (χ1) is 40.5. The smallest absolute Gasteiger partial charge is 0.306 e. The molecule has 0 heterocycles. The van der Waals surface area contributed by atoms with Crippen LogP contribution in [0.4, 0.5) is 0 Å². The summed E-state index contributed by atoms with van der Waals surface area (Å²) in [5.74, 6) is -0.838. The molecule has 0 rings (SSSR count). The summed E-state index contributed by atoms with van der Waals surface area (Å²) >= 11 is 0. The van der Waals surface area contributed by atoms with E-state index in [0.717, 1.165) is 64.2 Å². The molecule has 1 atom stereocenters. The van der Waals surface area contributed by atoms with Crippen LogP contribution in [-0.2, 0) is 28.6 Å². The number of allylic oxidation sites excluding steroid dienone is 2. The van der Waals surface area contributed by atoms with E-state index in [1.54, 1.807) is 0 Å². The van der Waals surface area contributed by atoms with Gasteiger partial charge in [0.25, 0.3) is 0 Å². The van der Waals surface area contributed by atoms with Crippen molar-refractivity contribution in [1.82, 2.24) is 0 Å². The molecule has 0 bridgehead atoms. The van der Waals surface area contributed by atoms with Gasteiger partial charge in [0.15, 0.2) is 6.10 Å². The molecule has 6 heteroatoms. The fourth-order valence-corrected chi connectivity index (χ4v) is 11.9. The van der Waals surface area contributed by atoms with Crippen molar-refractivity contribution in [3.05, 3.63) is 12.2 Å². The lowest BCUT2D eigenvalue weighted by atomic mass is 10.0. The first kappa shape index (κ1) is 80.2. The molecule has 0 aliphatic heterocycles. The lowest BCUT2D eigenvalue weighted by molar-refractivity contribution is -0.167. The van der Waals surface area contributed by atoms with E-state index in [1.165, 1.54) is 334 Å². The van der Waals surface area contributed by atoms with E-state index in [1.807, 2.05) is 0 Å². The first-order valence-corrected chi connectivity index (χ1v) is 37.7. The zero-order valence-corrected chi connectivity index (χ0v) is 56.1. The van der Waals surface area contributed by atoms with E-state index in [-0.39, 0.29) is 31.1 Å². The molecule has 0 aromatic carbocycles. The van der Waals surface area contributed by atoms with Crippen molar-refractivity contribution in [2.45, 2.75) is 444 Å². The minimum absolute atomic E-state index is 0.0656. The topological polar surface area (TPSA) is 78.9 Å². The Labute approximate surface area is 513 Å². The van der Waals surface area contributed by atoms with Crippen molar-refractivity contribution in [1.29, 1.82) is 0 Å². The van der Waals surface area contributed by atoms with Crippen molar-refractivity contribution < 1.29 is 28.6 Å². The molecule has 0 aromatic heterocycles. The summed E-state index contributed by atoms with van der Waals surface area (Å²) in [7, 11) is 0. The Hall–Kier alpha value is -1.85. The maximum Gasteiger partial charge on any atom is 0.306 e. The summed E-state index contributed by atoms with van der Waals surface area (Å²) in [5.41, 5.74) is 0. The van der Waals surface area contributed by atoms with Gasteiger partial charge >= 0.3 is 17.9 Å². The van der Waals surface area contributed by atoms with Gasteiger partial charge in [-0.15, -0.1) is 0 Å². The second kappa shape index (κ2) is 71.6. The normalized spacial score (nSPS) is 12.0. The van der Waals surface area contributed by atoms with Crippen LogP contribution in [0.2, 0.25) is 0 Å². The largest absolute Gasteiger partial charge is 0.462 e. The number of hydrogen-bond acceptors (Lipinski definition) is 6. The SMILES string of the molecule is CCCCC/C=C\CCCCCCCC(=O)OCC(COC(=O)CCCCCCCCCCCCCCCCCCCCCCCCCCCCCCC)OC(=O)CCCCCCCCCCCCCCCCCCCCCCCCC. The minimum atomic E-state index is -0.770. The van der Waals surface area contributed by atoms with Crippen molar-refractivity contribution in [3.8, 4) is 0 Å². The lowest BCUT2D eigenvalue weighted by Crippen LogP contribution is -2.30. The third-order valence-corrected chi connectivity index (χ3v) is 17.5. The van der Waals surface area contributed by atoms with Gasteiger partial charge < -0.3 is 14.2 Å². The van der Waals surface area contributed by atoms with Crippen molar-refractivity contribution in [2.24, 2.45) is 0 Å². The molecule has 82 heavy (non-hydrogen) atoms. The summed E-state index contributed by atoms with van der Waals surface area (Å²) in [6.07, 6.45) is 87.0. The molecular weight excluding hydrogens is 1010 g/mol. The predicted molar refractivity (Wildman–Crippen MR) is 358 cm³/mol. The Morgan fingerprint density at radius 1 is 0.232 bits per heavy atom. The van der Waals surface area contributed by atoms with Crippen LogP contribution < -0.4 is 0 Å². The zero-order valence-electron chi connectivity index (χ0n) is 56.1. The molecular formula is C76H146O6. The van der Waals surface area contributed by atoms with Crippen LogP contribution in [0.3, 0.4) is 0 Å². The molecule has 1 unspecified atom stereocenters. The summed E-state index contributed by atoms with van der Waals surface area (Å²) in [4.78, 5) is 38.4. The van der Waals surface area contributed by atoms with E-state index >= 15 is 0 Å². The highest BCUT2D eigenvalue weighted by molar-refractivity contribution is 5.71. The van der Waals surface area contributed by atoms with Crippen LogP contribution in [0.25, 0.3) is 0 Å². The van der Waals surface area contributed by atoms with Crippen LogP contribution in [0, 0.1) is 0 Å². The van der Waals surface area contributed by atoms with Gasteiger partial charge in [-0.2, -0.15) is 0 Å². The first-order valence-electron chi connectivity index (χ1n) is 37.7. The maximum absolute atomic E-state index is 13.0. The number of hydrogen-bond donors (Lipinski definition) is 0. The monoisotopic (exact) mass is 1160 g/mol. The Morgan fingerprint density at radius 2 is 0.402 bits per heavy atom. The second-order valence-electron chi connectivity index (χ2n) is 25.9. The fraction of sp³-hybridized carbons (Fsp3) is 0.934. The summed E-state index contributed by atoms with van der Waals surface area (Å²) in [5, 5.41) is 0. The van der Waals surface area contributed by atoms with Gasteiger partial charge in [0.05, 0.1) is 0 Å². The lowest BCUT2D eigenvalue weighted by Gasteiger charge is -2.18. The average molecular weight is 1160 g/mol. The molecule has 0 fully saturated rings. The van der Waals surface area contributed by atoms with Crippen LogP contribution in [0.15, 0.2) is 12.2 Å². The Balaban J connectivity index is 4.12. The molecule has 0 radical (unpaired) electrons. The number of esters is 3. The molecule has 486 valence electrons. The van der Waals surface area contributed by atoms with Crippen LogP contribution >= 0.6 is 0 Å². The highest BCUT2D eigenvalue weighted by Crippen LogP contribution is 2.20. The Kier molecular flexibility index (Phi) is 70.0. The second-order valence-corrected chi connectivity index (χ2v) is 25.9. The quantitative estimate of drug-likeness (QED) is 0.0261. The van der Waals surface area contributed by atoms with E-state index in [2.05, 4.69) is 32.9 Å². The van der Waals surface area contributed by atoms with Crippen LogP contribution in [0.5, 0.6) is 0 Å². The standard InChI is InChI=1S/C76H146O6/c1-4-7-10-13-16-19-22-25-27-29-31-33-35-36-37-38-39-40-42-43-45-47-49-51-54-57-60-63-66-69-75(78)81-72-73(71-80-74(77)68-65-62-59-56-53-24-21-18-15-12-9-6-3)82-76(79)70-67-64-61-58-55-52-50-48-46-44-41-34-32-30-28-26-23-20-17-14-11-8-5-2/h18,21,73H,4-17,19-20,22-72H2,1-3H3/b21-18-. The van der Waals surface area contributed by atoms with Crippen molar-refractivity contribution >= 4 is 17.9 Å². The molecule has 0 aliphatic rings. The van der Waals surface area contributed by atoms with E-state index in [9.17, 15) is 14.4 Å². The highest BCUT2D eigenvalue weighted by atomic mass is 16.6. The molecule has 0 aliphatic carbocycles. The van der Waals surface area contributed by atoms with Crippen molar-refractivity contribution in [2.75, 3.05) is 13.2 Å². The number of ether oxygens (including phenoxy) is 3. The molecule has 0 saturated carbocycles.